The molecule has 0 radical (unpaired) electrons. The van der Waals surface area contributed by atoms with Crippen molar-refractivity contribution in [2.75, 3.05) is 5.32 Å². The summed E-state index contributed by atoms with van der Waals surface area (Å²) in [7, 11) is -3.89. The molecule has 9 nitrogen and oxygen atoms in total. The van der Waals surface area contributed by atoms with Crippen molar-refractivity contribution in [2.24, 2.45) is 0 Å². The van der Waals surface area contributed by atoms with Gasteiger partial charge in [-0.25, -0.2) is 28.1 Å². The number of aromatic amines is 1. The molecular weight excluding hydrogens is 392 g/mol. The van der Waals surface area contributed by atoms with Gasteiger partial charge in [0, 0.05) is 24.6 Å². The Labute approximate surface area is 167 Å². The highest BCUT2D eigenvalue weighted by Crippen LogP contribution is 2.24. The number of aromatic nitrogens is 4. The van der Waals surface area contributed by atoms with Crippen LogP contribution in [0.25, 0.3) is 11.1 Å². The first-order valence-corrected chi connectivity index (χ1v) is 10.7. The molecule has 1 aliphatic carbocycles. The van der Waals surface area contributed by atoms with Gasteiger partial charge >= 0.3 is 0 Å². The maximum Gasteiger partial charge on any atom is 0.268 e. The number of anilines is 2. The van der Waals surface area contributed by atoms with Gasteiger partial charge in [0.1, 0.15) is 22.4 Å². The number of sulfonamides is 1. The summed E-state index contributed by atoms with van der Waals surface area (Å²) in [5.41, 5.74) is 0.608. The van der Waals surface area contributed by atoms with Crippen LogP contribution >= 0.6 is 0 Å². The van der Waals surface area contributed by atoms with E-state index in [4.69, 9.17) is 0 Å². The van der Waals surface area contributed by atoms with E-state index in [1.807, 2.05) is 0 Å². The van der Waals surface area contributed by atoms with Crippen molar-refractivity contribution < 1.29 is 8.42 Å². The highest BCUT2D eigenvalue weighted by atomic mass is 32.2. The van der Waals surface area contributed by atoms with Gasteiger partial charge in [0.25, 0.3) is 5.56 Å². The summed E-state index contributed by atoms with van der Waals surface area (Å²) in [5, 5.41) is 3.09. The van der Waals surface area contributed by atoms with E-state index in [1.165, 1.54) is 12.3 Å². The predicted molar refractivity (Wildman–Crippen MR) is 108 cm³/mol. The van der Waals surface area contributed by atoms with Crippen molar-refractivity contribution in [2.45, 2.75) is 37.1 Å². The lowest BCUT2D eigenvalue weighted by Crippen LogP contribution is -2.41. The van der Waals surface area contributed by atoms with Gasteiger partial charge in [0.2, 0.25) is 10.0 Å². The maximum absolute atomic E-state index is 12.6. The molecule has 150 valence electrons. The van der Waals surface area contributed by atoms with Crippen LogP contribution in [0.4, 0.5) is 11.6 Å². The molecular formula is C19H20N6O3S. The van der Waals surface area contributed by atoms with Gasteiger partial charge in [-0.2, -0.15) is 0 Å². The van der Waals surface area contributed by atoms with Crippen LogP contribution in [0, 0.1) is 6.92 Å². The number of nitrogens with one attached hydrogen (secondary N) is 3. The number of pyridine rings is 2. The standard InChI is InChI=1S/C19H20N6O3S/c1-12-20-8-6-17(23-12)24-18-10-13(5-7-21-18)14-9-16(19(26)22-11-14)29(27,28)25-15-3-2-4-15/h5-11,15,25H,2-4H2,1H3,(H,22,26)(H,20,21,23,24). The van der Waals surface area contributed by atoms with Crippen LogP contribution < -0.4 is 15.6 Å². The zero-order valence-corrected chi connectivity index (χ0v) is 16.5. The first-order chi connectivity index (χ1) is 13.9. The summed E-state index contributed by atoms with van der Waals surface area (Å²) < 4.78 is 27.8. The molecule has 0 aromatic carbocycles. The Kier molecular flexibility index (Phi) is 5.12. The highest BCUT2D eigenvalue weighted by molar-refractivity contribution is 7.89. The molecule has 29 heavy (non-hydrogen) atoms. The Bertz CT molecular complexity index is 1200. The molecule has 1 fully saturated rings. The van der Waals surface area contributed by atoms with Crippen LogP contribution in [0.1, 0.15) is 25.1 Å². The van der Waals surface area contributed by atoms with Crippen molar-refractivity contribution in [3.05, 3.63) is 59.0 Å². The number of rotatable bonds is 6. The number of nitrogens with zero attached hydrogens (tertiary/aromatic N) is 3. The summed E-state index contributed by atoms with van der Waals surface area (Å²) in [5.74, 6) is 1.75. The lowest BCUT2D eigenvalue weighted by molar-refractivity contribution is 0.383. The van der Waals surface area contributed by atoms with Gasteiger partial charge < -0.3 is 10.3 Å². The lowest BCUT2D eigenvalue weighted by Gasteiger charge is -2.25. The smallest absolute Gasteiger partial charge is 0.268 e. The molecule has 10 heteroatoms. The van der Waals surface area contributed by atoms with Crippen molar-refractivity contribution in [3.8, 4) is 11.1 Å². The Morgan fingerprint density at radius 3 is 2.59 bits per heavy atom. The average molecular weight is 412 g/mol. The molecule has 0 amide bonds. The molecule has 0 saturated heterocycles. The summed E-state index contributed by atoms with van der Waals surface area (Å²) >= 11 is 0. The van der Waals surface area contributed by atoms with E-state index in [-0.39, 0.29) is 10.9 Å². The molecule has 3 aromatic rings. The second-order valence-electron chi connectivity index (χ2n) is 6.87. The van der Waals surface area contributed by atoms with Gasteiger partial charge in [-0.05, 0) is 55.2 Å². The minimum atomic E-state index is -3.89. The third kappa shape index (κ3) is 4.33. The topological polar surface area (TPSA) is 130 Å². The minimum absolute atomic E-state index is 0.101. The SMILES string of the molecule is Cc1nccc(Nc2cc(-c3c[nH]c(=O)c(S(=O)(=O)NC4CCC4)c3)ccn2)n1. The van der Waals surface area contributed by atoms with Gasteiger partial charge in [0.05, 0.1) is 0 Å². The largest absolute Gasteiger partial charge is 0.327 e. The van der Waals surface area contributed by atoms with Crippen LogP contribution in [0.2, 0.25) is 0 Å². The normalized spacial score (nSPS) is 14.4. The maximum atomic E-state index is 12.6. The minimum Gasteiger partial charge on any atom is -0.327 e. The lowest BCUT2D eigenvalue weighted by atomic mass is 9.94. The first-order valence-electron chi connectivity index (χ1n) is 9.19. The predicted octanol–water partition coefficient (Wildman–Crippen LogP) is 2.11. The molecule has 0 aliphatic heterocycles. The van der Waals surface area contributed by atoms with E-state index < -0.39 is 15.6 Å². The second-order valence-corrected chi connectivity index (χ2v) is 8.56. The number of hydrogen-bond donors (Lipinski definition) is 3. The van der Waals surface area contributed by atoms with Gasteiger partial charge in [-0.1, -0.05) is 6.42 Å². The first kappa shape index (κ1) is 19.2. The molecule has 3 heterocycles. The van der Waals surface area contributed by atoms with Crippen LogP contribution in [0.5, 0.6) is 0 Å². The van der Waals surface area contributed by atoms with E-state index in [1.54, 1.807) is 37.5 Å². The Morgan fingerprint density at radius 2 is 1.86 bits per heavy atom. The summed E-state index contributed by atoms with van der Waals surface area (Å²) in [6.45, 7) is 1.79. The monoisotopic (exact) mass is 412 g/mol. The zero-order chi connectivity index (χ0) is 20.4. The van der Waals surface area contributed by atoms with E-state index in [9.17, 15) is 13.2 Å². The van der Waals surface area contributed by atoms with E-state index >= 15 is 0 Å². The van der Waals surface area contributed by atoms with E-state index in [0.717, 1.165) is 19.3 Å². The number of aryl methyl sites for hydroxylation is 1. The van der Waals surface area contributed by atoms with Crippen LogP contribution in [-0.4, -0.2) is 34.4 Å². The van der Waals surface area contributed by atoms with Crippen LogP contribution in [-0.2, 0) is 10.0 Å². The third-order valence-corrected chi connectivity index (χ3v) is 6.24. The number of H-pyrrole nitrogens is 1. The molecule has 3 N–H and O–H groups in total. The van der Waals surface area contributed by atoms with E-state index in [2.05, 4.69) is 30.0 Å². The third-order valence-electron chi connectivity index (χ3n) is 4.71. The molecule has 0 unspecified atom stereocenters. The summed E-state index contributed by atoms with van der Waals surface area (Å²) in [4.78, 5) is 27.0. The molecule has 0 atom stereocenters. The Hall–Kier alpha value is -3.11. The molecule has 0 bridgehead atoms. The summed E-state index contributed by atoms with van der Waals surface area (Å²) in [6.07, 6.45) is 7.29. The fraction of sp³-hybridized carbons (Fsp3) is 0.263. The quantitative estimate of drug-likeness (QED) is 0.565. The fourth-order valence-corrected chi connectivity index (χ4v) is 4.36. The van der Waals surface area contributed by atoms with Crippen molar-refractivity contribution in [1.82, 2.24) is 24.7 Å². The van der Waals surface area contributed by atoms with Crippen LogP contribution in [0.3, 0.4) is 0 Å². The fourth-order valence-electron chi connectivity index (χ4n) is 2.97. The summed E-state index contributed by atoms with van der Waals surface area (Å²) in [6, 6.07) is 6.49. The van der Waals surface area contributed by atoms with Crippen LogP contribution in [0.15, 0.2) is 52.5 Å². The second kappa shape index (κ2) is 7.72. The zero-order valence-electron chi connectivity index (χ0n) is 15.7. The molecule has 0 spiro atoms. The van der Waals surface area contributed by atoms with Crippen molar-refractivity contribution >= 4 is 21.7 Å². The van der Waals surface area contributed by atoms with Gasteiger partial charge in [-0.3, -0.25) is 4.79 Å². The molecule has 4 rings (SSSR count). The molecule has 3 aromatic heterocycles. The Morgan fingerprint density at radius 1 is 1.07 bits per heavy atom. The highest BCUT2D eigenvalue weighted by Gasteiger charge is 2.27. The average Bonchev–Trinajstić information content (AvgIpc) is 2.65. The molecule has 1 aliphatic rings. The van der Waals surface area contributed by atoms with Gasteiger partial charge in [0.15, 0.2) is 0 Å². The van der Waals surface area contributed by atoms with Crippen molar-refractivity contribution in [1.29, 1.82) is 0 Å². The number of hydrogen-bond acceptors (Lipinski definition) is 7. The molecule has 1 saturated carbocycles. The van der Waals surface area contributed by atoms with Crippen molar-refractivity contribution in [3.63, 3.8) is 0 Å². The Balaban J connectivity index is 1.64. The van der Waals surface area contributed by atoms with E-state index in [0.29, 0.717) is 28.6 Å². The van der Waals surface area contributed by atoms with Gasteiger partial charge in [-0.15, -0.1) is 0 Å².